The molecule has 2 N–H and O–H groups in total. The van der Waals surface area contributed by atoms with Crippen molar-refractivity contribution in [3.63, 3.8) is 0 Å². The second-order valence-electron chi connectivity index (χ2n) is 10.4. The molecule has 0 spiro atoms. The van der Waals surface area contributed by atoms with Crippen LogP contribution in [0.15, 0.2) is 42.9 Å². The lowest BCUT2D eigenvalue weighted by Gasteiger charge is -2.33. The molecule has 0 unspecified atom stereocenters. The Morgan fingerprint density at radius 3 is 2.68 bits per heavy atom. The number of halogens is 1. The Bertz CT molecular complexity index is 1610. The normalized spacial score (nSPS) is 17.3. The number of fused-ring (bicyclic) bond motifs is 2. The third-order valence-electron chi connectivity index (χ3n) is 7.81. The first-order valence-electron chi connectivity index (χ1n) is 13.3. The number of hydrogen-bond acceptors (Lipinski definition) is 7. The van der Waals surface area contributed by atoms with E-state index in [0.717, 1.165) is 68.1 Å². The van der Waals surface area contributed by atoms with Crippen molar-refractivity contribution in [3.05, 3.63) is 54.2 Å². The molecule has 6 heterocycles. The Morgan fingerprint density at radius 2 is 1.84 bits per heavy atom. The van der Waals surface area contributed by atoms with Gasteiger partial charge in [-0.1, -0.05) is 0 Å². The number of pyridine rings is 2. The summed E-state index contributed by atoms with van der Waals surface area (Å²) in [4.78, 5) is 24.2. The second kappa shape index (κ2) is 9.45. The number of anilines is 1. The van der Waals surface area contributed by atoms with E-state index in [4.69, 9.17) is 4.98 Å². The van der Waals surface area contributed by atoms with Gasteiger partial charge < -0.3 is 14.8 Å². The molecular weight excluding hydrogens is 481 g/mol. The fourth-order valence-corrected chi connectivity index (χ4v) is 5.70. The van der Waals surface area contributed by atoms with Crippen LogP contribution in [-0.2, 0) is 6.54 Å². The zero-order chi connectivity index (χ0) is 25.6. The highest BCUT2D eigenvalue weighted by Gasteiger charge is 2.23. The van der Waals surface area contributed by atoms with Gasteiger partial charge in [0, 0.05) is 62.4 Å². The zero-order valence-corrected chi connectivity index (χ0v) is 21.4. The maximum Gasteiger partial charge on any atom is 0.161 e. The maximum absolute atomic E-state index is 16.2. The smallest absolute Gasteiger partial charge is 0.161 e. The highest BCUT2D eigenvalue weighted by atomic mass is 19.1. The van der Waals surface area contributed by atoms with E-state index < -0.39 is 0 Å². The minimum absolute atomic E-state index is 0.334. The number of likely N-dealkylation sites (N-methyl/N-ethyl adjacent to an activating group) is 1. The number of benzene rings is 1. The van der Waals surface area contributed by atoms with Gasteiger partial charge in [-0.3, -0.25) is 15.0 Å². The van der Waals surface area contributed by atoms with E-state index in [1.165, 1.54) is 12.8 Å². The minimum Gasteiger partial charge on any atom is -0.367 e. The number of H-pyrrole nitrogens is 2. The minimum atomic E-state index is -0.334. The van der Waals surface area contributed by atoms with E-state index in [1.807, 2.05) is 24.4 Å². The van der Waals surface area contributed by atoms with Gasteiger partial charge in [0.1, 0.15) is 17.0 Å². The van der Waals surface area contributed by atoms with Crippen molar-refractivity contribution in [1.82, 2.24) is 39.9 Å². The van der Waals surface area contributed by atoms with Crippen molar-refractivity contribution in [3.8, 4) is 22.6 Å². The molecule has 10 heteroatoms. The number of hydrogen-bond donors (Lipinski definition) is 2. The van der Waals surface area contributed by atoms with Crippen molar-refractivity contribution < 1.29 is 4.39 Å². The summed E-state index contributed by atoms with van der Waals surface area (Å²) in [6, 6.07) is 7.71. The van der Waals surface area contributed by atoms with Gasteiger partial charge in [-0.05, 0) is 62.8 Å². The molecule has 0 aliphatic carbocycles. The number of nitrogens with zero attached hydrogens (tertiary/aromatic N) is 7. The number of rotatable bonds is 5. The molecule has 7 rings (SSSR count). The Hall–Kier alpha value is -3.89. The third-order valence-corrected chi connectivity index (χ3v) is 7.81. The molecule has 0 radical (unpaired) electrons. The van der Waals surface area contributed by atoms with Crippen LogP contribution in [0.25, 0.3) is 44.7 Å². The van der Waals surface area contributed by atoms with Crippen LogP contribution in [-0.4, -0.2) is 86.2 Å². The first kappa shape index (κ1) is 23.2. The summed E-state index contributed by atoms with van der Waals surface area (Å²) in [6.45, 7) is 6.87. The molecule has 0 atom stereocenters. The van der Waals surface area contributed by atoms with Crippen LogP contribution in [0.1, 0.15) is 18.4 Å². The number of aromatic nitrogens is 6. The van der Waals surface area contributed by atoms with E-state index in [9.17, 15) is 0 Å². The van der Waals surface area contributed by atoms with Gasteiger partial charge in [-0.15, -0.1) is 0 Å². The first-order chi connectivity index (χ1) is 18.6. The quantitative estimate of drug-likeness (QED) is 0.368. The van der Waals surface area contributed by atoms with E-state index in [2.05, 4.69) is 46.9 Å². The number of nitrogens with one attached hydrogen (secondary N) is 2. The van der Waals surface area contributed by atoms with Crippen molar-refractivity contribution in [2.75, 3.05) is 51.2 Å². The van der Waals surface area contributed by atoms with Crippen molar-refractivity contribution in [1.29, 1.82) is 0 Å². The third kappa shape index (κ3) is 4.10. The molecule has 194 valence electrons. The molecule has 2 fully saturated rings. The summed E-state index contributed by atoms with van der Waals surface area (Å²) in [5.74, 6) is 0.163. The standard InChI is InChI=1S/C28H30FN9/c1-36-10-12-38(13-11-36)22-6-7-31-27-25(22)32-28(33-27)26-23-21(34-35-26)5-4-20(24(23)29)19-14-18(15-30-16-19)17-37-8-2-3-9-37/h4-7,14-16H,2-3,8-13,17H2,1H3,(H,34,35)(H,31,32,33). The Balaban J connectivity index is 1.27. The van der Waals surface area contributed by atoms with Crippen molar-refractivity contribution >= 4 is 27.8 Å². The molecule has 9 nitrogen and oxygen atoms in total. The van der Waals surface area contributed by atoms with Crippen LogP contribution in [0.5, 0.6) is 0 Å². The van der Waals surface area contributed by atoms with Crippen LogP contribution in [0.2, 0.25) is 0 Å². The van der Waals surface area contributed by atoms with Crippen molar-refractivity contribution in [2.24, 2.45) is 0 Å². The molecule has 0 amide bonds. The van der Waals surface area contributed by atoms with Gasteiger partial charge >= 0.3 is 0 Å². The molecule has 0 saturated carbocycles. The highest BCUT2D eigenvalue weighted by Crippen LogP contribution is 2.35. The number of piperazine rings is 1. The Morgan fingerprint density at radius 1 is 1.00 bits per heavy atom. The topological polar surface area (TPSA) is 92.9 Å². The van der Waals surface area contributed by atoms with Gasteiger partial charge in [0.05, 0.1) is 16.6 Å². The van der Waals surface area contributed by atoms with Crippen LogP contribution < -0.4 is 4.90 Å². The molecule has 5 aromatic rings. The number of imidazole rings is 1. The molecule has 2 saturated heterocycles. The van der Waals surface area contributed by atoms with Crippen molar-refractivity contribution in [2.45, 2.75) is 19.4 Å². The monoisotopic (exact) mass is 511 g/mol. The van der Waals surface area contributed by atoms with Gasteiger partial charge in [0.25, 0.3) is 0 Å². The predicted octanol–water partition coefficient (Wildman–Crippen LogP) is 4.05. The average molecular weight is 512 g/mol. The number of aromatic amines is 2. The molecule has 4 aromatic heterocycles. The van der Waals surface area contributed by atoms with Gasteiger partial charge in [0.2, 0.25) is 0 Å². The summed E-state index contributed by atoms with van der Waals surface area (Å²) in [5, 5.41) is 7.86. The van der Waals surface area contributed by atoms with E-state index in [-0.39, 0.29) is 5.82 Å². The Labute approximate surface area is 219 Å². The predicted molar refractivity (Wildman–Crippen MR) is 146 cm³/mol. The molecule has 1 aromatic carbocycles. The average Bonchev–Trinajstić information content (AvgIpc) is 3.69. The fraction of sp³-hybridized carbons (Fsp3) is 0.357. The molecule has 2 aliphatic rings. The summed E-state index contributed by atoms with van der Waals surface area (Å²) in [6.07, 6.45) is 7.86. The summed E-state index contributed by atoms with van der Waals surface area (Å²) in [7, 11) is 2.14. The maximum atomic E-state index is 16.2. The highest BCUT2D eigenvalue weighted by molar-refractivity contribution is 5.97. The summed E-state index contributed by atoms with van der Waals surface area (Å²) in [5.41, 5.74) is 5.91. The second-order valence-corrected chi connectivity index (χ2v) is 10.4. The SMILES string of the molecule is CN1CCN(c2ccnc3[nH]c(-c4n[nH]c5ccc(-c6cncc(CN7CCCC7)c6)c(F)c45)nc23)CC1. The van der Waals surface area contributed by atoms with E-state index in [0.29, 0.717) is 33.6 Å². The van der Waals surface area contributed by atoms with E-state index >= 15 is 4.39 Å². The lowest BCUT2D eigenvalue weighted by atomic mass is 10.0. The summed E-state index contributed by atoms with van der Waals surface area (Å²) >= 11 is 0. The van der Waals surface area contributed by atoms with Gasteiger partial charge in [0.15, 0.2) is 11.5 Å². The van der Waals surface area contributed by atoms with Crippen LogP contribution in [0.3, 0.4) is 0 Å². The Kier molecular flexibility index (Phi) is 5.78. The molecule has 2 aliphatic heterocycles. The first-order valence-corrected chi connectivity index (χ1v) is 13.3. The molecular formula is C28H30FN9. The van der Waals surface area contributed by atoms with Gasteiger partial charge in [-0.2, -0.15) is 5.10 Å². The van der Waals surface area contributed by atoms with Crippen LogP contribution in [0, 0.1) is 5.82 Å². The summed E-state index contributed by atoms with van der Waals surface area (Å²) < 4.78 is 16.2. The van der Waals surface area contributed by atoms with Crippen LogP contribution in [0.4, 0.5) is 10.1 Å². The molecule has 0 bridgehead atoms. The largest absolute Gasteiger partial charge is 0.367 e. The zero-order valence-electron chi connectivity index (χ0n) is 21.4. The fourth-order valence-electron chi connectivity index (χ4n) is 5.70. The van der Waals surface area contributed by atoms with E-state index in [1.54, 1.807) is 18.5 Å². The van der Waals surface area contributed by atoms with Gasteiger partial charge in [-0.25, -0.2) is 14.4 Å². The number of likely N-dealkylation sites (tertiary alicyclic amines) is 1. The lowest BCUT2D eigenvalue weighted by molar-refractivity contribution is 0.313. The molecule has 38 heavy (non-hydrogen) atoms. The lowest BCUT2D eigenvalue weighted by Crippen LogP contribution is -2.44. The van der Waals surface area contributed by atoms with Crippen LogP contribution >= 0.6 is 0 Å².